The first-order chi connectivity index (χ1) is 7.72. The molecule has 1 unspecified atom stereocenters. The van der Waals surface area contributed by atoms with E-state index in [1.54, 1.807) is 4.90 Å². The Kier molecular flexibility index (Phi) is 2.95. The third-order valence-corrected chi connectivity index (χ3v) is 2.88. The Hall–Kier alpha value is -1.77. The molecule has 2 heterocycles. The van der Waals surface area contributed by atoms with Crippen LogP contribution in [0.4, 0.5) is 9.59 Å². The average molecular weight is 222 g/mol. The van der Waals surface area contributed by atoms with Gasteiger partial charge in [0.2, 0.25) is 0 Å². The summed E-state index contributed by atoms with van der Waals surface area (Å²) < 4.78 is 0. The standard InChI is InChI=1S/C10H14N4O2/c11-6-8-7-14(8)10(16)12-9(15)13-4-2-1-3-5-13/h8H,1-5,7H2,(H,12,15,16). The van der Waals surface area contributed by atoms with E-state index in [9.17, 15) is 9.59 Å². The van der Waals surface area contributed by atoms with Crippen molar-refractivity contribution >= 4 is 12.1 Å². The fourth-order valence-corrected chi connectivity index (χ4v) is 1.81. The van der Waals surface area contributed by atoms with Gasteiger partial charge in [0.25, 0.3) is 0 Å². The summed E-state index contributed by atoms with van der Waals surface area (Å²) in [5.74, 6) is 0. The van der Waals surface area contributed by atoms with E-state index in [1.165, 1.54) is 4.90 Å². The summed E-state index contributed by atoms with van der Waals surface area (Å²) in [6.07, 6.45) is 3.12. The number of piperidine rings is 1. The maximum atomic E-state index is 11.6. The molecule has 2 fully saturated rings. The SMILES string of the molecule is N#CC1CN1C(=O)NC(=O)N1CCCCC1. The Balaban J connectivity index is 1.79. The largest absolute Gasteiger partial charge is 0.326 e. The molecule has 6 nitrogen and oxygen atoms in total. The van der Waals surface area contributed by atoms with Crippen LogP contribution >= 0.6 is 0 Å². The minimum Gasteiger partial charge on any atom is -0.324 e. The van der Waals surface area contributed by atoms with Crippen LogP contribution in [0.5, 0.6) is 0 Å². The van der Waals surface area contributed by atoms with Crippen molar-refractivity contribution in [2.45, 2.75) is 25.3 Å². The minimum atomic E-state index is -0.456. The fourth-order valence-electron chi connectivity index (χ4n) is 1.81. The number of rotatable bonds is 0. The lowest BCUT2D eigenvalue weighted by atomic mass is 10.1. The van der Waals surface area contributed by atoms with Gasteiger partial charge in [-0.25, -0.2) is 9.59 Å². The predicted octanol–water partition coefficient (Wildman–Crippen LogP) is 0.510. The first-order valence-electron chi connectivity index (χ1n) is 5.48. The van der Waals surface area contributed by atoms with E-state index >= 15 is 0 Å². The van der Waals surface area contributed by atoms with E-state index in [-0.39, 0.29) is 12.1 Å². The zero-order valence-electron chi connectivity index (χ0n) is 8.98. The van der Waals surface area contributed by atoms with Crippen LogP contribution in [0.1, 0.15) is 19.3 Å². The van der Waals surface area contributed by atoms with Gasteiger partial charge in [0.1, 0.15) is 6.04 Å². The summed E-state index contributed by atoms with van der Waals surface area (Å²) in [6, 6.07) is 0.814. The van der Waals surface area contributed by atoms with E-state index < -0.39 is 6.03 Å². The van der Waals surface area contributed by atoms with Gasteiger partial charge in [-0.05, 0) is 19.3 Å². The van der Waals surface area contributed by atoms with Gasteiger partial charge in [-0.15, -0.1) is 0 Å². The average Bonchev–Trinajstić information content (AvgIpc) is 3.09. The van der Waals surface area contributed by atoms with Gasteiger partial charge >= 0.3 is 12.1 Å². The lowest BCUT2D eigenvalue weighted by Crippen LogP contribution is -2.46. The van der Waals surface area contributed by atoms with Crippen molar-refractivity contribution < 1.29 is 9.59 Å². The number of nitriles is 1. The summed E-state index contributed by atoms with van der Waals surface area (Å²) in [7, 11) is 0. The van der Waals surface area contributed by atoms with Crippen molar-refractivity contribution in [3.05, 3.63) is 0 Å². The van der Waals surface area contributed by atoms with Crippen LogP contribution in [0.15, 0.2) is 0 Å². The van der Waals surface area contributed by atoms with E-state index in [0.29, 0.717) is 19.6 Å². The van der Waals surface area contributed by atoms with Gasteiger partial charge in [-0.3, -0.25) is 5.32 Å². The molecule has 0 saturated carbocycles. The molecule has 2 aliphatic heterocycles. The highest BCUT2D eigenvalue weighted by Crippen LogP contribution is 2.16. The maximum absolute atomic E-state index is 11.6. The highest BCUT2D eigenvalue weighted by Gasteiger charge is 2.39. The van der Waals surface area contributed by atoms with Gasteiger partial charge < -0.3 is 9.80 Å². The second kappa shape index (κ2) is 4.39. The molecule has 1 N–H and O–H groups in total. The fraction of sp³-hybridized carbons (Fsp3) is 0.700. The molecule has 86 valence electrons. The van der Waals surface area contributed by atoms with Crippen molar-refractivity contribution in [2.75, 3.05) is 19.6 Å². The molecule has 4 amide bonds. The molecule has 0 spiro atoms. The third kappa shape index (κ3) is 2.24. The molecule has 2 aliphatic rings. The van der Waals surface area contributed by atoms with Crippen LogP contribution in [-0.4, -0.2) is 47.5 Å². The quantitative estimate of drug-likeness (QED) is 0.607. The Morgan fingerprint density at radius 1 is 1.19 bits per heavy atom. The highest BCUT2D eigenvalue weighted by atomic mass is 16.2. The van der Waals surface area contributed by atoms with Crippen LogP contribution in [0, 0.1) is 11.3 Å². The zero-order valence-corrected chi connectivity index (χ0v) is 8.98. The Morgan fingerprint density at radius 3 is 2.44 bits per heavy atom. The Labute approximate surface area is 93.8 Å². The Morgan fingerprint density at radius 2 is 1.88 bits per heavy atom. The molecule has 0 aromatic heterocycles. The number of imide groups is 1. The second-order valence-electron chi connectivity index (χ2n) is 4.08. The molecule has 6 heteroatoms. The molecule has 0 aliphatic carbocycles. The molecule has 0 aromatic carbocycles. The Bertz CT molecular complexity index is 343. The number of likely N-dealkylation sites (tertiary alicyclic amines) is 1. The summed E-state index contributed by atoms with van der Waals surface area (Å²) in [5, 5.41) is 10.8. The zero-order chi connectivity index (χ0) is 11.5. The van der Waals surface area contributed by atoms with Crippen LogP contribution in [0.2, 0.25) is 0 Å². The van der Waals surface area contributed by atoms with E-state index in [4.69, 9.17) is 5.26 Å². The molecule has 0 radical (unpaired) electrons. The second-order valence-corrected chi connectivity index (χ2v) is 4.08. The van der Waals surface area contributed by atoms with Crippen molar-refractivity contribution in [1.82, 2.24) is 15.1 Å². The number of nitrogens with one attached hydrogen (secondary N) is 1. The number of carbonyl (C=O) groups is 2. The number of nitrogens with zero attached hydrogens (tertiary/aromatic N) is 3. The minimum absolute atomic E-state index is 0.340. The van der Waals surface area contributed by atoms with Crippen molar-refractivity contribution in [3.8, 4) is 6.07 Å². The summed E-state index contributed by atoms with van der Waals surface area (Å²) in [4.78, 5) is 26.0. The van der Waals surface area contributed by atoms with Gasteiger partial charge in [0.05, 0.1) is 12.6 Å². The molecule has 0 bridgehead atoms. The van der Waals surface area contributed by atoms with E-state index in [2.05, 4.69) is 5.32 Å². The first kappa shape index (κ1) is 10.7. The van der Waals surface area contributed by atoms with Crippen molar-refractivity contribution in [1.29, 1.82) is 5.26 Å². The number of hydrogen-bond donors (Lipinski definition) is 1. The molecule has 2 rings (SSSR count). The molecule has 0 aromatic rings. The predicted molar refractivity (Wildman–Crippen MR) is 55.5 cm³/mol. The molecule has 16 heavy (non-hydrogen) atoms. The van der Waals surface area contributed by atoms with Crippen LogP contribution < -0.4 is 5.32 Å². The lowest BCUT2D eigenvalue weighted by molar-refractivity contribution is 0.182. The van der Waals surface area contributed by atoms with E-state index in [0.717, 1.165) is 19.3 Å². The molecule has 1 atom stereocenters. The number of hydrogen-bond acceptors (Lipinski definition) is 3. The van der Waals surface area contributed by atoms with Gasteiger partial charge in [-0.1, -0.05) is 0 Å². The summed E-state index contributed by atoms with van der Waals surface area (Å²) in [6.45, 7) is 1.84. The van der Waals surface area contributed by atoms with Crippen LogP contribution in [0.25, 0.3) is 0 Å². The number of carbonyl (C=O) groups excluding carboxylic acids is 2. The topological polar surface area (TPSA) is 76.2 Å². The number of amides is 4. The van der Waals surface area contributed by atoms with Crippen LogP contribution in [-0.2, 0) is 0 Å². The number of urea groups is 2. The molecular formula is C10H14N4O2. The van der Waals surface area contributed by atoms with Gasteiger partial charge in [0, 0.05) is 13.1 Å². The van der Waals surface area contributed by atoms with Crippen LogP contribution in [0.3, 0.4) is 0 Å². The first-order valence-corrected chi connectivity index (χ1v) is 5.48. The maximum Gasteiger partial charge on any atom is 0.326 e. The normalized spacial score (nSPS) is 23.6. The van der Waals surface area contributed by atoms with E-state index in [1.807, 2.05) is 6.07 Å². The van der Waals surface area contributed by atoms with Gasteiger partial charge in [0.15, 0.2) is 0 Å². The smallest absolute Gasteiger partial charge is 0.324 e. The summed E-state index contributed by atoms with van der Waals surface area (Å²) >= 11 is 0. The van der Waals surface area contributed by atoms with Gasteiger partial charge in [-0.2, -0.15) is 5.26 Å². The van der Waals surface area contributed by atoms with Crippen molar-refractivity contribution in [2.24, 2.45) is 0 Å². The monoisotopic (exact) mass is 222 g/mol. The molecule has 2 saturated heterocycles. The molecular weight excluding hydrogens is 208 g/mol. The van der Waals surface area contributed by atoms with Crippen molar-refractivity contribution in [3.63, 3.8) is 0 Å². The lowest BCUT2D eigenvalue weighted by Gasteiger charge is -2.26. The highest BCUT2D eigenvalue weighted by molar-refractivity contribution is 5.94. The third-order valence-electron chi connectivity index (χ3n) is 2.88. The summed E-state index contributed by atoms with van der Waals surface area (Å²) in [5.41, 5.74) is 0.